The molecule has 0 aromatic carbocycles. The normalized spacial score (nSPS) is 58.6. The summed E-state index contributed by atoms with van der Waals surface area (Å²) in [7, 11) is 0. The summed E-state index contributed by atoms with van der Waals surface area (Å²) in [6.45, 7) is 10.4. The largest absolute Gasteiger partial charge is 0.394 e. The van der Waals surface area contributed by atoms with Crippen LogP contribution in [0.2, 0.25) is 0 Å². The number of fused-ring (bicyclic) bond motifs is 7. The van der Waals surface area contributed by atoms with Crippen molar-refractivity contribution in [2.45, 2.75) is 126 Å². The van der Waals surface area contributed by atoms with Crippen molar-refractivity contribution in [1.82, 2.24) is 0 Å². The van der Waals surface area contributed by atoms with E-state index in [4.69, 9.17) is 18.9 Å². The molecule has 0 amide bonds. The molecular weight excluding hydrogens is 572 g/mol. The maximum Gasteiger partial charge on any atom is 0.187 e. The Hall–Kier alpha value is -0.960. The van der Waals surface area contributed by atoms with E-state index < -0.39 is 72.9 Å². The van der Waals surface area contributed by atoms with E-state index in [2.05, 4.69) is 26.5 Å². The Morgan fingerprint density at radius 3 is 2.43 bits per heavy atom. The second kappa shape index (κ2) is 10.8. The van der Waals surface area contributed by atoms with Crippen LogP contribution in [0.5, 0.6) is 0 Å². The van der Waals surface area contributed by atoms with E-state index in [0.717, 1.165) is 36.8 Å². The second-order valence-corrected chi connectivity index (χ2v) is 15.3. The number of aliphatic hydroxyl groups is 7. The van der Waals surface area contributed by atoms with Crippen molar-refractivity contribution < 1.29 is 54.7 Å². The van der Waals surface area contributed by atoms with Crippen molar-refractivity contribution in [1.29, 1.82) is 0 Å². The SMILES string of the molecule is C=C1CC[C@@]2(OC1)OC1C[C@H]3[C@@H]4CC=C5C[C@@H](O[C@@H]6O[C@H](CO)[C@H](O)[C@H](O)[C@H]6O)[C@H](O)[C@@H](O)[C@]5(C)[C@H]4C[C@@H](O)[C@]3(C)C1C2C. The van der Waals surface area contributed by atoms with Gasteiger partial charge in [0.2, 0.25) is 0 Å². The third kappa shape index (κ3) is 4.21. The molecule has 0 radical (unpaired) electrons. The molecule has 7 rings (SSSR count). The molecule has 3 unspecified atom stereocenters. The number of ether oxygens (including phenoxy) is 4. The summed E-state index contributed by atoms with van der Waals surface area (Å²) in [5.74, 6) is -0.0868. The van der Waals surface area contributed by atoms with Crippen LogP contribution in [0.25, 0.3) is 0 Å². The fourth-order valence-corrected chi connectivity index (χ4v) is 11.0. The minimum atomic E-state index is -1.61. The molecule has 3 saturated heterocycles. The maximum atomic E-state index is 12.0. The summed E-state index contributed by atoms with van der Waals surface area (Å²) in [6, 6.07) is 0. The molecule has 1 spiro atoms. The first-order chi connectivity index (χ1) is 20.8. The average Bonchev–Trinajstić information content (AvgIpc) is 3.45. The molecule has 11 heteroatoms. The van der Waals surface area contributed by atoms with E-state index >= 15 is 0 Å². The van der Waals surface area contributed by atoms with Gasteiger partial charge in [-0.3, -0.25) is 0 Å². The molecule has 4 aliphatic carbocycles. The Morgan fingerprint density at radius 2 is 1.75 bits per heavy atom. The second-order valence-electron chi connectivity index (χ2n) is 15.3. The van der Waals surface area contributed by atoms with Crippen LogP contribution in [0.4, 0.5) is 0 Å². The standard InChI is InChI=1S/C33H50O11/c1-14-7-8-33(41-13-14)15(2)24-20(44-33)10-18-17-6-5-16-9-21(42-30-28(39)27(38)25(36)22(12-34)43-30)26(37)29(40)31(16,3)19(17)11-23(35)32(18,24)4/h5,15,17-30,34-40H,1,6-13H2,2-4H3/t15?,17-,18-,19-,20?,21+,22+,23+,24?,25-,26-,27-,28+,29+,30+,31-,32+,33+/m0/s1. The molecule has 0 bridgehead atoms. The first kappa shape index (κ1) is 31.6. The first-order valence-corrected chi connectivity index (χ1v) is 16.5. The van der Waals surface area contributed by atoms with Crippen LogP contribution in [-0.4, -0.2) is 116 Å². The zero-order valence-electron chi connectivity index (χ0n) is 25.9. The number of hydrogen-bond donors (Lipinski definition) is 7. The molecule has 0 aromatic rings. The van der Waals surface area contributed by atoms with Gasteiger partial charge in [-0.2, -0.15) is 0 Å². The molecular formula is C33H50O11. The maximum absolute atomic E-state index is 12.0. The third-order valence-electron chi connectivity index (χ3n) is 13.6. The highest BCUT2D eigenvalue weighted by molar-refractivity contribution is 5.30. The lowest BCUT2D eigenvalue weighted by Gasteiger charge is -2.61. The number of allylic oxidation sites excluding steroid dienone is 1. The van der Waals surface area contributed by atoms with Gasteiger partial charge in [0, 0.05) is 29.1 Å². The summed E-state index contributed by atoms with van der Waals surface area (Å²) in [5, 5.41) is 75.6. The van der Waals surface area contributed by atoms with Crippen molar-refractivity contribution in [3.63, 3.8) is 0 Å². The van der Waals surface area contributed by atoms with Crippen LogP contribution < -0.4 is 0 Å². The van der Waals surface area contributed by atoms with Gasteiger partial charge in [0.25, 0.3) is 0 Å². The van der Waals surface area contributed by atoms with E-state index in [9.17, 15) is 35.7 Å². The van der Waals surface area contributed by atoms with Gasteiger partial charge in [0.05, 0.1) is 37.6 Å². The highest BCUT2D eigenvalue weighted by atomic mass is 16.7. The fourth-order valence-electron chi connectivity index (χ4n) is 11.0. The topological polar surface area (TPSA) is 179 Å². The predicted octanol–water partition coefficient (Wildman–Crippen LogP) is 0.371. The summed E-state index contributed by atoms with van der Waals surface area (Å²) in [4.78, 5) is 0. The lowest BCUT2D eigenvalue weighted by atomic mass is 9.45. The molecule has 44 heavy (non-hydrogen) atoms. The van der Waals surface area contributed by atoms with E-state index in [0.29, 0.717) is 13.0 Å². The first-order valence-electron chi connectivity index (χ1n) is 16.5. The van der Waals surface area contributed by atoms with Crippen molar-refractivity contribution in [3.05, 3.63) is 23.8 Å². The molecule has 0 aromatic heterocycles. The van der Waals surface area contributed by atoms with E-state index in [1.807, 2.05) is 6.92 Å². The van der Waals surface area contributed by atoms with Crippen LogP contribution in [0.15, 0.2) is 23.8 Å². The van der Waals surface area contributed by atoms with Crippen LogP contribution in [0, 0.1) is 40.4 Å². The molecule has 7 N–H and O–H groups in total. The van der Waals surface area contributed by atoms with Gasteiger partial charge >= 0.3 is 0 Å². The van der Waals surface area contributed by atoms with Gasteiger partial charge in [-0.15, -0.1) is 0 Å². The van der Waals surface area contributed by atoms with Gasteiger partial charge in [-0.05, 0) is 49.9 Å². The van der Waals surface area contributed by atoms with E-state index in [1.165, 1.54) is 0 Å². The van der Waals surface area contributed by atoms with Crippen LogP contribution in [0.1, 0.15) is 59.3 Å². The number of rotatable bonds is 3. The lowest BCUT2D eigenvalue weighted by molar-refractivity contribution is -0.323. The van der Waals surface area contributed by atoms with Crippen LogP contribution in [0.3, 0.4) is 0 Å². The monoisotopic (exact) mass is 622 g/mol. The van der Waals surface area contributed by atoms with Gasteiger partial charge in [-0.1, -0.05) is 44.6 Å². The van der Waals surface area contributed by atoms with Gasteiger partial charge in [0.1, 0.15) is 30.5 Å². The molecule has 3 aliphatic heterocycles. The van der Waals surface area contributed by atoms with Crippen molar-refractivity contribution >= 4 is 0 Å². The third-order valence-corrected chi connectivity index (χ3v) is 13.6. The summed E-state index contributed by atoms with van der Waals surface area (Å²) in [6.07, 6.45) is -5.26. The van der Waals surface area contributed by atoms with Gasteiger partial charge in [0.15, 0.2) is 12.1 Å². The van der Waals surface area contributed by atoms with Gasteiger partial charge < -0.3 is 54.7 Å². The average molecular weight is 623 g/mol. The van der Waals surface area contributed by atoms with Crippen LogP contribution in [-0.2, 0) is 18.9 Å². The zero-order valence-corrected chi connectivity index (χ0v) is 25.9. The Kier molecular flexibility index (Phi) is 7.75. The van der Waals surface area contributed by atoms with Crippen molar-refractivity contribution in [2.24, 2.45) is 40.4 Å². The Morgan fingerprint density at radius 1 is 1.00 bits per heavy atom. The summed E-state index contributed by atoms with van der Waals surface area (Å²) >= 11 is 0. The Balaban J connectivity index is 1.13. The Labute approximate surface area is 258 Å². The van der Waals surface area contributed by atoms with E-state index in [1.54, 1.807) is 0 Å². The fraction of sp³-hybridized carbons (Fsp3) is 0.879. The minimum absolute atomic E-state index is 0.0175. The number of aliphatic hydroxyl groups excluding tert-OH is 7. The van der Waals surface area contributed by atoms with Crippen LogP contribution >= 0.6 is 0 Å². The van der Waals surface area contributed by atoms with E-state index in [-0.39, 0.29) is 47.5 Å². The summed E-state index contributed by atoms with van der Waals surface area (Å²) in [5.41, 5.74) is 0.832. The molecule has 7 aliphatic rings. The highest BCUT2D eigenvalue weighted by Crippen LogP contribution is 2.70. The smallest absolute Gasteiger partial charge is 0.187 e. The van der Waals surface area contributed by atoms with Gasteiger partial charge in [-0.25, -0.2) is 0 Å². The minimum Gasteiger partial charge on any atom is -0.394 e. The number of hydrogen-bond acceptors (Lipinski definition) is 11. The molecule has 6 fully saturated rings. The molecule has 11 nitrogen and oxygen atoms in total. The quantitative estimate of drug-likeness (QED) is 0.216. The Bertz CT molecular complexity index is 1160. The van der Waals surface area contributed by atoms with Crippen molar-refractivity contribution in [2.75, 3.05) is 13.2 Å². The summed E-state index contributed by atoms with van der Waals surface area (Å²) < 4.78 is 24.6. The zero-order chi connectivity index (χ0) is 31.5. The molecule has 248 valence electrons. The molecule has 3 saturated carbocycles. The lowest BCUT2D eigenvalue weighted by Crippen LogP contribution is -2.65. The predicted molar refractivity (Wildman–Crippen MR) is 154 cm³/mol. The van der Waals surface area contributed by atoms with Crippen molar-refractivity contribution in [3.8, 4) is 0 Å². The molecule has 18 atom stereocenters. The molecule has 3 heterocycles. The highest BCUT2D eigenvalue weighted by Gasteiger charge is 2.72.